The maximum absolute atomic E-state index is 12.1. The fourth-order valence-corrected chi connectivity index (χ4v) is 2.37. The Bertz CT molecular complexity index is 969. The molecule has 0 saturated carbocycles. The monoisotopic (exact) mass is 391 g/mol. The first kappa shape index (κ1) is 21.4. The van der Waals surface area contributed by atoms with E-state index in [1.54, 1.807) is 42.5 Å². The molecule has 7 nitrogen and oxygen atoms in total. The number of esters is 1. The summed E-state index contributed by atoms with van der Waals surface area (Å²) in [6.45, 7) is 0.913. The summed E-state index contributed by atoms with van der Waals surface area (Å²) in [5.74, 6) is -1.52. The molecule has 1 N–H and O–H groups in total. The van der Waals surface area contributed by atoms with Crippen LogP contribution in [-0.4, -0.2) is 38.4 Å². The van der Waals surface area contributed by atoms with Crippen LogP contribution < -0.4 is 10.2 Å². The lowest BCUT2D eigenvalue weighted by atomic mass is 10.1. The van der Waals surface area contributed by atoms with Crippen molar-refractivity contribution >= 4 is 35.1 Å². The normalized spacial score (nSPS) is 10.6. The average Bonchev–Trinajstić information content (AvgIpc) is 2.71. The third-order valence-corrected chi connectivity index (χ3v) is 3.97. The second-order valence-electron chi connectivity index (χ2n) is 6.41. The van der Waals surface area contributed by atoms with Crippen molar-refractivity contribution in [2.75, 3.05) is 30.9 Å². The van der Waals surface area contributed by atoms with E-state index in [0.717, 1.165) is 5.69 Å². The molecule has 0 heterocycles. The van der Waals surface area contributed by atoms with Crippen LogP contribution in [-0.2, 0) is 14.3 Å². The third-order valence-electron chi connectivity index (χ3n) is 3.97. The van der Waals surface area contributed by atoms with Crippen LogP contribution in [0.15, 0.2) is 54.1 Å². The number of rotatable bonds is 7. The Hall–Kier alpha value is -3.92. The number of amides is 1. The number of nitrogens with one attached hydrogen (secondary N) is 1. The number of ketones is 1. The van der Waals surface area contributed by atoms with Crippen molar-refractivity contribution in [2.45, 2.75) is 6.92 Å². The molecule has 7 heteroatoms. The second kappa shape index (κ2) is 9.85. The number of carbonyl (C=O) groups is 3. The first-order valence-corrected chi connectivity index (χ1v) is 8.77. The van der Waals surface area contributed by atoms with Crippen molar-refractivity contribution < 1.29 is 19.1 Å². The summed E-state index contributed by atoms with van der Waals surface area (Å²) in [5, 5.41) is 11.8. The van der Waals surface area contributed by atoms with Crippen molar-refractivity contribution in [3.05, 3.63) is 65.2 Å². The first-order valence-electron chi connectivity index (χ1n) is 8.77. The van der Waals surface area contributed by atoms with Gasteiger partial charge in [0.1, 0.15) is 11.6 Å². The molecule has 0 unspecified atom stereocenters. The summed E-state index contributed by atoms with van der Waals surface area (Å²) in [6, 6.07) is 15.4. The summed E-state index contributed by atoms with van der Waals surface area (Å²) in [6.07, 6.45) is 1.40. The number of nitriles is 1. The lowest BCUT2D eigenvalue weighted by molar-refractivity contribution is -0.142. The number of hydrogen-bond acceptors (Lipinski definition) is 6. The van der Waals surface area contributed by atoms with Crippen molar-refractivity contribution in [3.8, 4) is 6.07 Å². The zero-order valence-electron chi connectivity index (χ0n) is 16.4. The Morgan fingerprint density at radius 3 is 2.21 bits per heavy atom. The second-order valence-corrected chi connectivity index (χ2v) is 6.41. The average molecular weight is 391 g/mol. The van der Waals surface area contributed by atoms with Gasteiger partial charge in [0, 0.05) is 31.0 Å². The van der Waals surface area contributed by atoms with E-state index in [9.17, 15) is 19.6 Å². The van der Waals surface area contributed by atoms with Crippen LogP contribution in [0.2, 0.25) is 0 Å². The standard InChI is InChI=1S/C22H21N3O4/c1-15(26)17-6-8-19(9-7-17)24-21(27)14-29-22(28)18(13-23)12-16-4-10-20(11-5-16)25(2)3/h4-12H,14H2,1-3H3,(H,24,27)/b18-12+. The Morgan fingerprint density at radius 1 is 1.07 bits per heavy atom. The summed E-state index contributed by atoms with van der Waals surface area (Å²) in [5.41, 5.74) is 2.43. The lowest BCUT2D eigenvalue weighted by Gasteiger charge is -2.11. The summed E-state index contributed by atoms with van der Waals surface area (Å²) in [4.78, 5) is 37.2. The van der Waals surface area contributed by atoms with Crippen LogP contribution in [0.1, 0.15) is 22.8 Å². The third kappa shape index (κ3) is 6.33. The Kier molecular flexibility index (Phi) is 7.26. The summed E-state index contributed by atoms with van der Waals surface area (Å²) in [7, 11) is 3.82. The molecule has 0 radical (unpaired) electrons. The molecule has 0 spiro atoms. The molecule has 29 heavy (non-hydrogen) atoms. The van der Waals surface area contributed by atoms with Crippen molar-refractivity contribution in [1.29, 1.82) is 5.26 Å². The zero-order chi connectivity index (χ0) is 21.4. The highest BCUT2D eigenvalue weighted by atomic mass is 16.5. The molecule has 0 aliphatic rings. The Balaban J connectivity index is 1.94. The van der Waals surface area contributed by atoms with Crippen LogP contribution in [0.3, 0.4) is 0 Å². The first-order chi connectivity index (χ1) is 13.8. The van der Waals surface area contributed by atoms with Gasteiger partial charge in [0.25, 0.3) is 5.91 Å². The van der Waals surface area contributed by atoms with E-state index in [0.29, 0.717) is 16.8 Å². The van der Waals surface area contributed by atoms with Gasteiger partial charge < -0.3 is 15.0 Å². The van der Waals surface area contributed by atoms with Gasteiger partial charge in [-0.15, -0.1) is 0 Å². The number of nitrogens with zero attached hydrogens (tertiary/aromatic N) is 2. The van der Waals surface area contributed by atoms with Crippen molar-refractivity contribution in [2.24, 2.45) is 0 Å². The van der Waals surface area contributed by atoms with E-state index >= 15 is 0 Å². The van der Waals surface area contributed by atoms with Crippen LogP contribution in [0.4, 0.5) is 11.4 Å². The van der Waals surface area contributed by atoms with Crippen LogP contribution in [0.5, 0.6) is 0 Å². The van der Waals surface area contributed by atoms with Crippen LogP contribution in [0.25, 0.3) is 6.08 Å². The molecule has 0 atom stereocenters. The summed E-state index contributed by atoms with van der Waals surface area (Å²) >= 11 is 0. The van der Waals surface area contributed by atoms with Crippen LogP contribution >= 0.6 is 0 Å². The molecular weight excluding hydrogens is 370 g/mol. The smallest absolute Gasteiger partial charge is 0.349 e. The molecule has 2 aromatic carbocycles. The predicted molar refractivity (Wildman–Crippen MR) is 110 cm³/mol. The van der Waals surface area contributed by atoms with Gasteiger partial charge in [-0.2, -0.15) is 5.26 Å². The van der Waals surface area contributed by atoms with Gasteiger partial charge in [-0.05, 0) is 55.0 Å². The highest BCUT2D eigenvalue weighted by Gasteiger charge is 2.13. The van der Waals surface area contributed by atoms with Gasteiger partial charge in [0.05, 0.1) is 0 Å². The Morgan fingerprint density at radius 2 is 1.69 bits per heavy atom. The molecule has 0 bridgehead atoms. The van der Waals surface area contributed by atoms with E-state index in [1.807, 2.05) is 31.1 Å². The minimum atomic E-state index is -0.883. The molecular formula is C22H21N3O4. The number of Topliss-reactive ketones (excluding diaryl/α,β-unsaturated/α-hetero) is 1. The number of carbonyl (C=O) groups excluding carboxylic acids is 3. The predicted octanol–water partition coefficient (Wildman–Crippen LogP) is 3.04. The zero-order valence-corrected chi connectivity index (χ0v) is 16.4. The molecule has 2 aromatic rings. The molecule has 1 amide bonds. The molecule has 148 valence electrons. The molecule has 2 rings (SSSR count). The largest absolute Gasteiger partial charge is 0.451 e. The van der Waals surface area contributed by atoms with Gasteiger partial charge in [-0.25, -0.2) is 4.79 Å². The maximum Gasteiger partial charge on any atom is 0.349 e. The molecule has 0 aliphatic heterocycles. The number of ether oxygens (including phenoxy) is 1. The van der Waals surface area contributed by atoms with Gasteiger partial charge in [0.2, 0.25) is 0 Å². The number of anilines is 2. The molecule has 0 fully saturated rings. The summed E-state index contributed by atoms with van der Waals surface area (Å²) < 4.78 is 4.92. The SMILES string of the molecule is CC(=O)c1ccc(NC(=O)COC(=O)/C(C#N)=C/c2ccc(N(C)C)cc2)cc1. The van der Waals surface area contributed by atoms with Gasteiger partial charge in [-0.3, -0.25) is 9.59 Å². The van der Waals surface area contributed by atoms with E-state index in [4.69, 9.17) is 4.74 Å². The quantitative estimate of drug-likeness (QED) is 0.337. The number of benzene rings is 2. The van der Waals surface area contributed by atoms with E-state index < -0.39 is 18.5 Å². The Labute approximate surface area is 169 Å². The van der Waals surface area contributed by atoms with Crippen LogP contribution in [0, 0.1) is 11.3 Å². The minimum Gasteiger partial charge on any atom is -0.451 e. The van der Waals surface area contributed by atoms with Crippen molar-refractivity contribution in [1.82, 2.24) is 0 Å². The van der Waals surface area contributed by atoms with Gasteiger partial charge in [0.15, 0.2) is 12.4 Å². The van der Waals surface area contributed by atoms with E-state index in [2.05, 4.69) is 5.32 Å². The topological polar surface area (TPSA) is 99.5 Å². The van der Waals surface area contributed by atoms with E-state index in [-0.39, 0.29) is 11.4 Å². The fourth-order valence-electron chi connectivity index (χ4n) is 2.37. The van der Waals surface area contributed by atoms with Gasteiger partial charge in [-0.1, -0.05) is 12.1 Å². The highest BCUT2D eigenvalue weighted by Crippen LogP contribution is 2.15. The lowest BCUT2D eigenvalue weighted by Crippen LogP contribution is -2.21. The van der Waals surface area contributed by atoms with Crippen molar-refractivity contribution in [3.63, 3.8) is 0 Å². The van der Waals surface area contributed by atoms with E-state index in [1.165, 1.54) is 13.0 Å². The minimum absolute atomic E-state index is 0.0796. The molecule has 0 saturated heterocycles. The highest BCUT2D eigenvalue weighted by molar-refractivity contribution is 6.00. The molecule has 0 aromatic heterocycles. The maximum atomic E-state index is 12.1. The van der Waals surface area contributed by atoms with Gasteiger partial charge >= 0.3 is 5.97 Å². The fraction of sp³-hybridized carbons (Fsp3) is 0.182. The molecule has 0 aliphatic carbocycles. The number of hydrogen-bond donors (Lipinski definition) is 1.